The van der Waals surface area contributed by atoms with Gasteiger partial charge in [-0.25, -0.2) is 9.37 Å². The molecule has 0 spiro atoms. The second kappa shape index (κ2) is 5.95. The number of fused-ring (bicyclic) bond motifs is 1. The summed E-state index contributed by atoms with van der Waals surface area (Å²) in [5.41, 5.74) is 7.53. The van der Waals surface area contributed by atoms with Gasteiger partial charge < -0.3 is 15.5 Å². The average molecular weight is 344 g/mol. The highest BCUT2D eigenvalue weighted by molar-refractivity contribution is 7.13. The highest BCUT2D eigenvalue weighted by Crippen LogP contribution is 2.36. The largest absolute Gasteiger partial charge is 0.368 e. The van der Waals surface area contributed by atoms with Crippen molar-refractivity contribution in [2.45, 2.75) is 0 Å². The van der Waals surface area contributed by atoms with Crippen LogP contribution in [0.5, 0.6) is 0 Å². The normalized spacial score (nSPS) is 16.0. The average Bonchev–Trinajstić information content (AvgIpc) is 2.99. The maximum Gasteiger partial charge on any atom is 0.223 e. The van der Waals surface area contributed by atoms with Crippen LogP contribution in [-0.4, -0.2) is 52.5 Å². The molecule has 0 radical (unpaired) electrons. The van der Waals surface area contributed by atoms with Crippen LogP contribution >= 0.6 is 11.5 Å². The molecule has 124 valence electrons. The number of hydrogen-bond donors (Lipinski definition) is 1. The summed E-state index contributed by atoms with van der Waals surface area (Å²) < 4.78 is 17.8. The fraction of sp³-hybridized carbons (Fsp3) is 0.312. The number of halogens is 1. The van der Waals surface area contributed by atoms with Gasteiger partial charge in [0, 0.05) is 31.7 Å². The quantitative estimate of drug-likeness (QED) is 0.769. The zero-order valence-electron chi connectivity index (χ0n) is 13.2. The third-order valence-electron chi connectivity index (χ3n) is 4.25. The Morgan fingerprint density at radius 3 is 2.50 bits per heavy atom. The van der Waals surface area contributed by atoms with E-state index in [0.717, 1.165) is 53.5 Å². The minimum absolute atomic E-state index is 0.255. The Balaban J connectivity index is 1.86. The Labute approximate surface area is 142 Å². The molecule has 4 rings (SSSR count). The van der Waals surface area contributed by atoms with Gasteiger partial charge in [-0.2, -0.15) is 9.36 Å². The van der Waals surface area contributed by atoms with E-state index in [2.05, 4.69) is 31.2 Å². The zero-order chi connectivity index (χ0) is 16.7. The number of anilines is 2. The van der Waals surface area contributed by atoms with Crippen LogP contribution in [0.1, 0.15) is 0 Å². The van der Waals surface area contributed by atoms with E-state index in [9.17, 15) is 4.39 Å². The lowest BCUT2D eigenvalue weighted by molar-refractivity contribution is 0.312. The maximum absolute atomic E-state index is 13.2. The third-order valence-corrected chi connectivity index (χ3v) is 5.00. The van der Waals surface area contributed by atoms with Crippen molar-refractivity contribution in [1.29, 1.82) is 0 Å². The number of rotatable bonds is 2. The van der Waals surface area contributed by atoms with E-state index >= 15 is 0 Å². The molecule has 1 saturated heterocycles. The SMILES string of the molecule is CN1CCN(c2nc(N)nc3snc(-c4ccc(F)cc4)c23)CC1. The Morgan fingerprint density at radius 2 is 1.79 bits per heavy atom. The molecule has 6 nitrogen and oxygen atoms in total. The standard InChI is InChI=1S/C16H17FN6S/c1-22-6-8-23(9-7-22)14-12-13(10-2-4-11(17)5-3-10)21-24-15(12)20-16(18)19-14/h2-5H,6-9H2,1H3,(H2,18,19,20). The molecule has 1 aliphatic rings. The van der Waals surface area contributed by atoms with Gasteiger partial charge in [0.1, 0.15) is 11.6 Å². The van der Waals surface area contributed by atoms with Crippen LogP contribution in [0.3, 0.4) is 0 Å². The minimum atomic E-state index is -0.266. The van der Waals surface area contributed by atoms with Gasteiger partial charge in [-0.05, 0) is 42.8 Å². The highest BCUT2D eigenvalue weighted by atomic mass is 32.1. The van der Waals surface area contributed by atoms with Gasteiger partial charge in [0.15, 0.2) is 4.83 Å². The molecule has 0 unspecified atom stereocenters. The Hall–Kier alpha value is -2.32. The van der Waals surface area contributed by atoms with E-state index in [1.54, 1.807) is 12.1 Å². The second-order valence-electron chi connectivity index (χ2n) is 5.91. The van der Waals surface area contributed by atoms with E-state index in [4.69, 9.17) is 5.73 Å². The number of nitrogens with two attached hydrogens (primary N) is 1. The molecule has 1 fully saturated rings. The molecule has 1 aliphatic heterocycles. The van der Waals surface area contributed by atoms with Crippen LogP contribution in [0.25, 0.3) is 21.5 Å². The molecule has 3 aromatic rings. The Morgan fingerprint density at radius 1 is 1.08 bits per heavy atom. The van der Waals surface area contributed by atoms with Crippen molar-refractivity contribution >= 4 is 33.5 Å². The Bertz CT molecular complexity index is 870. The molecule has 0 bridgehead atoms. The summed E-state index contributed by atoms with van der Waals surface area (Å²) in [5, 5.41) is 0.894. The lowest BCUT2D eigenvalue weighted by Crippen LogP contribution is -2.45. The van der Waals surface area contributed by atoms with E-state index in [0.29, 0.717) is 0 Å². The van der Waals surface area contributed by atoms with Gasteiger partial charge in [-0.1, -0.05) is 0 Å². The number of nitrogens with zero attached hydrogens (tertiary/aromatic N) is 5. The summed E-state index contributed by atoms with van der Waals surface area (Å²) in [4.78, 5) is 14.1. The van der Waals surface area contributed by atoms with Crippen molar-refractivity contribution in [3.8, 4) is 11.3 Å². The maximum atomic E-state index is 13.2. The second-order valence-corrected chi connectivity index (χ2v) is 6.67. The molecule has 0 atom stereocenters. The van der Waals surface area contributed by atoms with E-state index in [-0.39, 0.29) is 11.8 Å². The molecule has 1 aromatic carbocycles. The first-order valence-electron chi connectivity index (χ1n) is 7.74. The van der Waals surface area contributed by atoms with Gasteiger partial charge in [0.05, 0.1) is 11.1 Å². The predicted molar refractivity (Wildman–Crippen MR) is 94.7 cm³/mol. The van der Waals surface area contributed by atoms with Crippen molar-refractivity contribution in [2.75, 3.05) is 43.9 Å². The van der Waals surface area contributed by atoms with Crippen molar-refractivity contribution in [3.63, 3.8) is 0 Å². The van der Waals surface area contributed by atoms with Crippen molar-refractivity contribution in [2.24, 2.45) is 0 Å². The van der Waals surface area contributed by atoms with Crippen LogP contribution in [0, 0.1) is 5.82 Å². The summed E-state index contributed by atoms with van der Waals surface area (Å²) >= 11 is 1.29. The van der Waals surface area contributed by atoms with E-state index in [1.807, 2.05) is 0 Å². The van der Waals surface area contributed by atoms with Crippen LogP contribution < -0.4 is 10.6 Å². The lowest BCUT2D eigenvalue weighted by Gasteiger charge is -2.33. The summed E-state index contributed by atoms with van der Waals surface area (Å²) in [7, 11) is 2.11. The van der Waals surface area contributed by atoms with E-state index < -0.39 is 0 Å². The number of aromatic nitrogens is 3. The van der Waals surface area contributed by atoms with Gasteiger partial charge in [-0.15, -0.1) is 0 Å². The molecular weight excluding hydrogens is 327 g/mol. The first-order valence-corrected chi connectivity index (χ1v) is 8.51. The van der Waals surface area contributed by atoms with Crippen LogP contribution in [0.4, 0.5) is 16.2 Å². The molecule has 2 N–H and O–H groups in total. The van der Waals surface area contributed by atoms with Gasteiger partial charge >= 0.3 is 0 Å². The first kappa shape index (κ1) is 15.2. The van der Waals surface area contributed by atoms with Crippen molar-refractivity contribution in [1.82, 2.24) is 19.2 Å². The molecule has 24 heavy (non-hydrogen) atoms. The van der Waals surface area contributed by atoms with Gasteiger partial charge in [0.25, 0.3) is 0 Å². The number of benzene rings is 1. The third kappa shape index (κ3) is 2.67. The first-order chi connectivity index (χ1) is 11.6. The summed E-state index contributed by atoms with van der Waals surface area (Å²) in [6.07, 6.45) is 0. The van der Waals surface area contributed by atoms with Crippen molar-refractivity contribution < 1.29 is 4.39 Å². The summed E-state index contributed by atoms with van der Waals surface area (Å²) in [6.45, 7) is 3.69. The summed E-state index contributed by atoms with van der Waals surface area (Å²) in [6, 6.07) is 6.34. The smallest absolute Gasteiger partial charge is 0.223 e. The molecule has 0 aliphatic carbocycles. The molecular formula is C16H17FN6S. The fourth-order valence-corrected chi connectivity index (χ4v) is 3.69. The molecule has 0 amide bonds. The van der Waals surface area contributed by atoms with Crippen LogP contribution in [0.15, 0.2) is 24.3 Å². The number of likely N-dealkylation sites (N-methyl/N-ethyl adjacent to an activating group) is 1. The molecule has 8 heteroatoms. The predicted octanol–water partition coefficient (Wildman–Crippen LogP) is 2.23. The number of nitrogen functional groups attached to an aromatic ring is 1. The van der Waals surface area contributed by atoms with Gasteiger partial charge in [-0.3, -0.25) is 0 Å². The van der Waals surface area contributed by atoms with Gasteiger partial charge in [0.2, 0.25) is 5.95 Å². The molecule has 3 heterocycles. The Kier molecular flexibility index (Phi) is 3.78. The monoisotopic (exact) mass is 344 g/mol. The van der Waals surface area contributed by atoms with Crippen LogP contribution in [0.2, 0.25) is 0 Å². The highest BCUT2D eigenvalue weighted by Gasteiger charge is 2.23. The summed E-state index contributed by atoms with van der Waals surface area (Å²) in [5.74, 6) is 0.808. The zero-order valence-corrected chi connectivity index (χ0v) is 14.1. The molecule has 2 aromatic heterocycles. The van der Waals surface area contributed by atoms with E-state index in [1.165, 1.54) is 23.7 Å². The van der Waals surface area contributed by atoms with Crippen molar-refractivity contribution in [3.05, 3.63) is 30.1 Å². The topological polar surface area (TPSA) is 71.2 Å². The lowest BCUT2D eigenvalue weighted by atomic mass is 10.1. The minimum Gasteiger partial charge on any atom is -0.368 e. The number of hydrogen-bond acceptors (Lipinski definition) is 7. The number of piperazine rings is 1. The van der Waals surface area contributed by atoms with Crippen LogP contribution in [-0.2, 0) is 0 Å². The molecule has 0 saturated carbocycles. The fourth-order valence-electron chi connectivity index (χ4n) is 2.90.